The first-order valence-corrected chi connectivity index (χ1v) is 14.1. The van der Waals surface area contributed by atoms with Crippen molar-refractivity contribution < 1.29 is 19.2 Å². The first-order valence-electron chi connectivity index (χ1n) is 14.1. The van der Waals surface area contributed by atoms with Gasteiger partial charge in [0.2, 0.25) is 11.8 Å². The van der Waals surface area contributed by atoms with E-state index in [1.165, 1.54) is 6.20 Å². The Morgan fingerprint density at radius 3 is 2.62 bits per heavy atom. The van der Waals surface area contributed by atoms with Crippen LogP contribution in [0, 0.1) is 11.8 Å². The number of para-hydroxylation sites is 2. The van der Waals surface area contributed by atoms with E-state index in [1.807, 2.05) is 24.3 Å². The van der Waals surface area contributed by atoms with Gasteiger partial charge in [0.15, 0.2) is 0 Å². The number of amides is 4. The van der Waals surface area contributed by atoms with E-state index in [-0.39, 0.29) is 24.0 Å². The van der Waals surface area contributed by atoms with Gasteiger partial charge in [-0.25, -0.2) is 4.98 Å². The number of hydrogen-bond donors (Lipinski definition) is 3. The number of carbonyl (C=O) groups is 4. The quantitative estimate of drug-likeness (QED) is 0.264. The van der Waals surface area contributed by atoms with E-state index in [0.717, 1.165) is 59.5 Å². The summed E-state index contributed by atoms with van der Waals surface area (Å²) in [4.78, 5) is 64.3. The molecule has 3 aromatic rings. The number of nitrogens with two attached hydrogens (primary N) is 1. The van der Waals surface area contributed by atoms with E-state index < -0.39 is 29.7 Å². The van der Waals surface area contributed by atoms with Crippen molar-refractivity contribution in [2.75, 3.05) is 18.4 Å². The van der Waals surface area contributed by atoms with Gasteiger partial charge < -0.3 is 11.1 Å². The number of aliphatic imine (C=N–C) groups is 1. The predicted molar refractivity (Wildman–Crippen MR) is 157 cm³/mol. The van der Waals surface area contributed by atoms with Gasteiger partial charge in [-0.15, -0.1) is 0 Å². The van der Waals surface area contributed by atoms with Gasteiger partial charge in [0.1, 0.15) is 6.04 Å². The molecule has 1 aromatic heterocycles. The third kappa shape index (κ3) is 5.37. The summed E-state index contributed by atoms with van der Waals surface area (Å²) in [5, 5.41) is 5.57. The van der Waals surface area contributed by atoms with E-state index in [1.54, 1.807) is 30.6 Å². The van der Waals surface area contributed by atoms with Crippen molar-refractivity contribution in [3.63, 3.8) is 0 Å². The van der Waals surface area contributed by atoms with Crippen LogP contribution in [0.15, 0.2) is 59.9 Å². The summed E-state index contributed by atoms with van der Waals surface area (Å²) in [7, 11) is 0. The van der Waals surface area contributed by atoms with Gasteiger partial charge in [-0.3, -0.25) is 39.4 Å². The van der Waals surface area contributed by atoms with Crippen molar-refractivity contribution in [1.82, 2.24) is 20.2 Å². The lowest BCUT2D eigenvalue weighted by Gasteiger charge is -2.34. The fourth-order valence-electron chi connectivity index (χ4n) is 5.85. The lowest BCUT2D eigenvalue weighted by Crippen LogP contribution is -2.54. The van der Waals surface area contributed by atoms with Gasteiger partial charge >= 0.3 is 0 Å². The van der Waals surface area contributed by atoms with Crippen LogP contribution >= 0.6 is 0 Å². The third-order valence-corrected chi connectivity index (χ3v) is 8.17. The zero-order valence-electron chi connectivity index (χ0n) is 23.0. The van der Waals surface area contributed by atoms with E-state index in [0.29, 0.717) is 17.5 Å². The molecule has 11 heteroatoms. The molecule has 4 amide bonds. The molecule has 2 fully saturated rings. The molecule has 1 saturated heterocycles. The van der Waals surface area contributed by atoms with Gasteiger partial charge in [0.25, 0.3) is 11.8 Å². The minimum atomic E-state index is -0.965. The van der Waals surface area contributed by atoms with E-state index >= 15 is 0 Å². The molecule has 6 rings (SSSR count). The molecule has 0 radical (unpaired) electrons. The Bertz CT molecular complexity index is 1640. The molecule has 42 heavy (non-hydrogen) atoms. The number of carbonyl (C=O) groups excluding carboxylic acids is 4. The first-order chi connectivity index (χ1) is 20.4. The maximum Gasteiger partial charge on any atom is 0.262 e. The normalized spacial score (nSPS) is 22.4. The lowest BCUT2D eigenvalue weighted by atomic mass is 9.73. The predicted octanol–water partition coefficient (Wildman–Crippen LogP) is 2.93. The molecule has 1 saturated carbocycles. The fourth-order valence-corrected chi connectivity index (χ4v) is 5.85. The second-order valence-corrected chi connectivity index (χ2v) is 11.0. The van der Waals surface area contributed by atoms with Crippen LogP contribution in [0.4, 0.5) is 5.69 Å². The molecule has 3 aliphatic rings. The van der Waals surface area contributed by atoms with Crippen LogP contribution in [0.3, 0.4) is 0 Å². The zero-order valence-corrected chi connectivity index (χ0v) is 23.0. The van der Waals surface area contributed by atoms with Crippen LogP contribution in [0.25, 0.3) is 16.6 Å². The molecular formula is C31H31N7O4. The molecule has 2 aromatic carbocycles. The maximum absolute atomic E-state index is 13.0. The average Bonchev–Trinajstić information content (AvgIpc) is 3.22. The summed E-state index contributed by atoms with van der Waals surface area (Å²) in [6, 6.07) is 11.8. The van der Waals surface area contributed by atoms with Crippen LogP contribution in [-0.4, -0.2) is 63.8 Å². The van der Waals surface area contributed by atoms with Crippen molar-refractivity contribution in [1.29, 1.82) is 0 Å². The summed E-state index contributed by atoms with van der Waals surface area (Å²) in [5.41, 5.74) is 10.2. The monoisotopic (exact) mass is 565 g/mol. The molecular weight excluding hydrogens is 534 g/mol. The summed E-state index contributed by atoms with van der Waals surface area (Å²) >= 11 is 0. The van der Waals surface area contributed by atoms with Gasteiger partial charge in [-0.1, -0.05) is 12.1 Å². The molecule has 11 nitrogen and oxygen atoms in total. The number of rotatable bonds is 9. The second kappa shape index (κ2) is 11.5. The number of nitrogens with zero attached hydrogens (tertiary/aromatic N) is 4. The molecule has 1 aliphatic carbocycles. The number of anilines is 1. The number of benzene rings is 2. The summed E-state index contributed by atoms with van der Waals surface area (Å²) in [5.74, 6) is -0.896. The number of imide groups is 2. The van der Waals surface area contributed by atoms with Crippen LogP contribution < -0.4 is 16.4 Å². The van der Waals surface area contributed by atoms with Gasteiger partial charge in [0.05, 0.1) is 34.1 Å². The average molecular weight is 566 g/mol. The minimum Gasteiger partial charge on any atom is -0.404 e. The van der Waals surface area contributed by atoms with Crippen molar-refractivity contribution in [2.24, 2.45) is 22.6 Å². The first kappa shape index (κ1) is 27.3. The Hall–Kier alpha value is -4.93. The summed E-state index contributed by atoms with van der Waals surface area (Å²) in [6.07, 6.45) is 8.39. The topological polar surface area (TPSA) is 160 Å². The highest BCUT2D eigenvalue weighted by atomic mass is 16.2. The van der Waals surface area contributed by atoms with Crippen molar-refractivity contribution in [3.8, 4) is 0 Å². The number of piperidine rings is 1. The molecule has 4 N–H and O–H groups in total. The summed E-state index contributed by atoms with van der Waals surface area (Å²) < 4.78 is 0. The highest BCUT2D eigenvalue weighted by molar-refractivity contribution is 6.23. The maximum atomic E-state index is 13.0. The van der Waals surface area contributed by atoms with E-state index in [2.05, 4.69) is 25.6 Å². The summed E-state index contributed by atoms with van der Waals surface area (Å²) in [6.45, 7) is 1.46. The minimum absolute atomic E-state index is 0.0945. The number of hydrogen-bond acceptors (Lipinski definition) is 9. The highest BCUT2D eigenvalue weighted by Gasteiger charge is 2.44. The Labute approximate surface area is 242 Å². The number of nitrogens with one attached hydrogen (secondary N) is 2. The van der Waals surface area contributed by atoms with E-state index in [4.69, 9.17) is 5.73 Å². The third-order valence-electron chi connectivity index (χ3n) is 8.17. The van der Waals surface area contributed by atoms with Gasteiger partial charge in [-0.2, -0.15) is 0 Å². The molecule has 0 spiro atoms. The zero-order chi connectivity index (χ0) is 29.2. The standard InChI is InChI=1S/C31H31N7O4/c32-14-20(26-17-35-24-3-1-2-4-25(24)36-26)16-33-15-19-11-18(12-19)9-10-34-21-5-6-22-23(13-21)31(42)38(30(22)41)27-7-8-28(39)37-29(27)40/h1-6,13-14,16-19,27,34H,7-12,15,32H2,(H,37,39,40). The van der Waals surface area contributed by atoms with Crippen molar-refractivity contribution >= 4 is 52.1 Å². The van der Waals surface area contributed by atoms with Crippen LogP contribution in [0.2, 0.25) is 0 Å². The Morgan fingerprint density at radius 2 is 1.83 bits per heavy atom. The van der Waals surface area contributed by atoms with Crippen LogP contribution in [0.5, 0.6) is 0 Å². The molecule has 214 valence electrons. The van der Waals surface area contributed by atoms with Crippen molar-refractivity contribution in [2.45, 2.75) is 38.1 Å². The molecule has 1 unspecified atom stereocenters. The number of aromatic nitrogens is 2. The van der Waals surface area contributed by atoms with Gasteiger partial charge in [0, 0.05) is 43.2 Å². The lowest BCUT2D eigenvalue weighted by molar-refractivity contribution is -0.136. The molecule has 2 aliphatic heterocycles. The SMILES string of the molecule is NC=C(C=NCC1CC(CCNc2ccc3c(c2)C(=O)N(C2CCC(=O)NC2=O)C3=O)C1)c1cnc2ccccc2n1. The number of fused-ring (bicyclic) bond motifs is 2. The molecule has 3 heterocycles. The molecule has 1 atom stereocenters. The van der Waals surface area contributed by atoms with Crippen LogP contribution in [-0.2, 0) is 9.59 Å². The molecule has 0 bridgehead atoms. The fraction of sp³-hybridized carbons (Fsp3) is 0.323. The highest BCUT2D eigenvalue weighted by Crippen LogP contribution is 2.36. The van der Waals surface area contributed by atoms with E-state index in [9.17, 15) is 19.2 Å². The van der Waals surface area contributed by atoms with Crippen molar-refractivity contribution in [3.05, 3.63) is 71.7 Å². The van der Waals surface area contributed by atoms with Gasteiger partial charge in [-0.05, 0) is 67.9 Å². The second-order valence-electron chi connectivity index (χ2n) is 11.0. The number of allylic oxidation sites excluding steroid dienone is 1. The Balaban J connectivity index is 0.958. The van der Waals surface area contributed by atoms with Crippen LogP contribution in [0.1, 0.15) is 58.5 Å². The Kier molecular flexibility index (Phi) is 7.47. The Morgan fingerprint density at radius 1 is 1.05 bits per heavy atom. The smallest absolute Gasteiger partial charge is 0.262 e. The largest absolute Gasteiger partial charge is 0.404 e.